The van der Waals surface area contributed by atoms with Gasteiger partial charge in [-0.15, -0.1) is 0 Å². The minimum atomic E-state index is -0.231. The van der Waals surface area contributed by atoms with E-state index in [4.69, 9.17) is 0 Å². The fourth-order valence-corrected chi connectivity index (χ4v) is 3.52. The van der Waals surface area contributed by atoms with Crippen LogP contribution in [-0.4, -0.2) is 36.4 Å². The molecule has 7 heteroatoms. The smallest absolute Gasteiger partial charge is 0.134 e. The molecule has 1 aliphatic heterocycles. The number of nitrogens with one attached hydrogen (secondary N) is 1. The molecule has 26 heavy (non-hydrogen) atoms. The van der Waals surface area contributed by atoms with Crippen LogP contribution in [0.2, 0.25) is 0 Å². The first-order valence-electron chi connectivity index (χ1n) is 8.60. The van der Waals surface area contributed by atoms with Crippen molar-refractivity contribution in [3.63, 3.8) is 0 Å². The fourth-order valence-electron chi connectivity index (χ4n) is 3.52. The quantitative estimate of drug-likeness (QED) is 0.618. The third kappa shape index (κ3) is 2.57. The van der Waals surface area contributed by atoms with Crippen molar-refractivity contribution >= 4 is 10.9 Å². The number of halogens is 1. The molecule has 0 unspecified atom stereocenters. The van der Waals surface area contributed by atoms with E-state index in [2.05, 4.69) is 31.2 Å². The van der Waals surface area contributed by atoms with Crippen molar-refractivity contribution < 1.29 is 4.39 Å². The highest BCUT2D eigenvalue weighted by Gasteiger charge is 2.21. The van der Waals surface area contributed by atoms with E-state index >= 15 is 0 Å². The summed E-state index contributed by atoms with van der Waals surface area (Å²) in [5, 5.41) is 12.5. The summed E-state index contributed by atoms with van der Waals surface area (Å²) >= 11 is 0. The molecule has 0 amide bonds. The maximum atomic E-state index is 14.2. The summed E-state index contributed by atoms with van der Waals surface area (Å²) in [5.74, 6) is -0.231. The van der Waals surface area contributed by atoms with Gasteiger partial charge < -0.3 is 0 Å². The van der Waals surface area contributed by atoms with Crippen LogP contribution in [0.1, 0.15) is 11.4 Å². The monoisotopic (exact) mass is 348 g/mol. The zero-order chi connectivity index (χ0) is 17.5. The van der Waals surface area contributed by atoms with E-state index in [0.29, 0.717) is 11.9 Å². The summed E-state index contributed by atoms with van der Waals surface area (Å²) in [6.07, 6.45) is 1.78. The molecule has 1 aromatic carbocycles. The van der Waals surface area contributed by atoms with E-state index in [9.17, 15) is 4.39 Å². The predicted octanol–water partition coefficient (Wildman–Crippen LogP) is 2.98. The molecule has 0 aliphatic carbocycles. The van der Waals surface area contributed by atoms with Crippen molar-refractivity contribution in [3.8, 4) is 11.4 Å². The largest absolute Gasteiger partial charge is 0.290 e. The molecular weight excluding hydrogens is 331 g/mol. The normalized spacial score (nSPS) is 14.7. The Balaban J connectivity index is 1.40. The molecule has 4 aromatic rings. The highest BCUT2D eigenvalue weighted by atomic mass is 19.1. The number of benzene rings is 1. The fraction of sp³-hybridized carbons (Fsp3) is 0.211. The minimum absolute atomic E-state index is 0.231. The molecule has 0 radical (unpaired) electrons. The average molecular weight is 348 g/mol. The van der Waals surface area contributed by atoms with Crippen molar-refractivity contribution in [2.45, 2.75) is 19.6 Å². The molecule has 0 saturated carbocycles. The molecule has 5 rings (SSSR count). The Morgan fingerprint density at radius 3 is 2.92 bits per heavy atom. The summed E-state index contributed by atoms with van der Waals surface area (Å²) in [4.78, 5) is 6.64. The lowest BCUT2D eigenvalue weighted by Gasteiger charge is -2.26. The Bertz CT molecular complexity index is 1070. The van der Waals surface area contributed by atoms with Crippen molar-refractivity contribution in [1.82, 2.24) is 29.9 Å². The Morgan fingerprint density at radius 1 is 1.08 bits per heavy atom. The lowest BCUT2D eigenvalue weighted by molar-refractivity contribution is 0.203. The number of aromatic nitrogens is 5. The zero-order valence-electron chi connectivity index (χ0n) is 14.1. The summed E-state index contributed by atoms with van der Waals surface area (Å²) in [7, 11) is 0. The van der Waals surface area contributed by atoms with E-state index in [0.717, 1.165) is 47.9 Å². The van der Waals surface area contributed by atoms with E-state index < -0.39 is 0 Å². The molecule has 0 bridgehead atoms. The van der Waals surface area contributed by atoms with Crippen LogP contribution < -0.4 is 0 Å². The molecule has 0 spiro atoms. The van der Waals surface area contributed by atoms with Gasteiger partial charge >= 0.3 is 0 Å². The first kappa shape index (κ1) is 15.2. The second-order valence-corrected chi connectivity index (χ2v) is 6.50. The van der Waals surface area contributed by atoms with Gasteiger partial charge in [-0.25, -0.2) is 4.39 Å². The summed E-state index contributed by atoms with van der Waals surface area (Å²) in [6, 6.07) is 12.9. The van der Waals surface area contributed by atoms with Gasteiger partial charge in [0.2, 0.25) is 0 Å². The standard InChI is InChI=1S/C19H17FN6/c20-14-4-3-6-16-19(14)18(23-22-16)12-25-8-9-26-13(11-25)10-17(24-26)15-5-1-2-7-21-15/h1-7,10H,8-9,11-12H2,(H,22,23). The van der Waals surface area contributed by atoms with Crippen LogP contribution in [0.4, 0.5) is 4.39 Å². The average Bonchev–Trinajstić information content (AvgIpc) is 3.27. The van der Waals surface area contributed by atoms with Gasteiger partial charge in [0.05, 0.1) is 34.5 Å². The highest BCUT2D eigenvalue weighted by Crippen LogP contribution is 2.24. The summed E-state index contributed by atoms with van der Waals surface area (Å²) in [6.45, 7) is 3.00. The lowest BCUT2D eigenvalue weighted by atomic mass is 10.1. The zero-order valence-corrected chi connectivity index (χ0v) is 14.1. The Labute approximate surface area is 149 Å². The first-order chi connectivity index (χ1) is 12.8. The van der Waals surface area contributed by atoms with Gasteiger partial charge in [-0.3, -0.25) is 19.7 Å². The van der Waals surface area contributed by atoms with Crippen molar-refractivity contribution in [2.24, 2.45) is 0 Å². The summed E-state index contributed by atoms with van der Waals surface area (Å²) < 4.78 is 16.2. The maximum Gasteiger partial charge on any atom is 0.134 e. The van der Waals surface area contributed by atoms with Crippen LogP contribution in [0.25, 0.3) is 22.3 Å². The van der Waals surface area contributed by atoms with Crippen LogP contribution in [0.3, 0.4) is 0 Å². The summed E-state index contributed by atoms with van der Waals surface area (Å²) in [5.41, 5.74) is 4.38. The molecule has 3 aromatic heterocycles. The predicted molar refractivity (Wildman–Crippen MR) is 95.6 cm³/mol. The molecule has 1 N–H and O–H groups in total. The van der Waals surface area contributed by atoms with Gasteiger partial charge in [0.1, 0.15) is 11.5 Å². The molecule has 1 aliphatic rings. The topological polar surface area (TPSA) is 62.6 Å². The lowest BCUT2D eigenvalue weighted by Crippen LogP contribution is -2.33. The number of aromatic amines is 1. The number of fused-ring (bicyclic) bond motifs is 2. The number of nitrogens with zero attached hydrogens (tertiary/aromatic N) is 5. The maximum absolute atomic E-state index is 14.2. The minimum Gasteiger partial charge on any atom is -0.290 e. The van der Waals surface area contributed by atoms with E-state index in [1.165, 1.54) is 6.07 Å². The van der Waals surface area contributed by atoms with Crippen LogP contribution in [-0.2, 0) is 19.6 Å². The Morgan fingerprint density at radius 2 is 2.04 bits per heavy atom. The molecular formula is C19H17FN6. The first-order valence-corrected chi connectivity index (χ1v) is 8.60. The third-order valence-corrected chi connectivity index (χ3v) is 4.79. The molecule has 4 heterocycles. The van der Waals surface area contributed by atoms with Gasteiger partial charge in [0.15, 0.2) is 0 Å². The van der Waals surface area contributed by atoms with E-state index in [1.54, 1.807) is 12.3 Å². The van der Waals surface area contributed by atoms with Crippen LogP contribution in [0.5, 0.6) is 0 Å². The van der Waals surface area contributed by atoms with Crippen molar-refractivity contribution in [1.29, 1.82) is 0 Å². The third-order valence-electron chi connectivity index (χ3n) is 4.79. The SMILES string of the molecule is Fc1cccc2[nH]nc(CN3CCn4nc(-c5ccccn5)cc4C3)c12. The Kier molecular flexibility index (Phi) is 3.53. The van der Waals surface area contributed by atoms with Gasteiger partial charge in [0.25, 0.3) is 0 Å². The highest BCUT2D eigenvalue weighted by molar-refractivity contribution is 5.81. The molecule has 130 valence electrons. The van der Waals surface area contributed by atoms with Gasteiger partial charge in [-0.1, -0.05) is 12.1 Å². The van der Waals surface area contributed by atoms with Gasteiger partial charge in [0, 0.05) is 25.8 Å². The van der Waals surface area contributed by atoms with Crippen LogP contribution in [0, 0.1) is 5.82 Å². The molecule has 0 fully saturated rings. The van der Waals surface area contributed by atoms with E-state index in [1.807, 2.05) is 28.9 Å². The number of pyridine rings is 1. The molecule has 0 atom stereocenters. The van der Waals surface area contributed by atoms with Gasteiger partial charge in [-0.05, 0) is 30.3 Å². The van der Waals surface area contributed by atoms with E-state index in [-0.39, 0.29) is 5.82 Å². The number of rotatable bonds is 3. The van der Waals surface area contributed by atoms with Crippen LogP contribution >= 0.6 is 0 Å². The van der Waals surface area contributed by atoms with Gasteiger partial charge in [-0.2, -0.15) is 10.2 Å². The van der Waals surface area contributed by atoms with Crippen molar-refractivity contribution in [2.75, 3.05) is 6.54 Å². The second kappa shape index (κ2) is 6.03. The number of hydrogen-bond donors (Lipinski definition) is 1. The van der Waals surface area contributed by atoms with Crippen molar-refractivity contribution in [3.05, 3.63) is 65.9 Å². The second-order valence-electron chi connectivity index (χ2n) is 6.50. The molecule has 6 nitrogen and oxygen atoms in total. The molecule has 0 saturated heterocycles. The van der Waals surface area contributed by atoms with Crippen LogP contribution in [0.15, 0.2) is 48.7 Å². The Hall–Kier alpha value is -3.06. The number of hydrogen-bond acceptors (Lipinski definition) is 4. The number of H-pyrrole nitrogens is 1.